The Morgan fingerprint density at radius 3 is 1.98 bits per heavy atom. The van der Waals surface area contributed by atoms with Gasteiger partial charge in [0.1, 0.15) is 5.54 Å². The zero-order chi connectivity index (χ0) is 32.2. The third kappa shape index (κ3) is 5.38. The Hall–Kier alpha value is -3.79. The number of ether oxygens (including phenoxy) is 1. The Bertz CT molecular complexity index is 1440. The molecule has 0 unspecified atom stereocenters. The standard InChI is InChI=1S/C36H48N6O4/c1-4-46-33(43)36(2,3)39-15-13-38(14-16-39)28-9-11-29(12-10-28)40-17-18-41(31-8-6-5-7-30(31)40)35(45)42(34(37)44)32-26-20-24-19-25(22-26)23-27(32)21-24/h5-12,24-27,32H,4,13-23H2,1-3H3,(H2,37,44). The maximum atomic E-state index is 14.2. The van der Waals surface area contributed by atoms with Crippen molar-refractivity contribution in [1.82, 2.24) is 9.80 Å². The number of nitrogens with zero attached hydrogens (tertiary/aromatic N) is 5. The summed E-state index contributed by atoms with van der Waals surface area (Å²) >= 11 is 0. The number of amides is 4. The van der Waals surface area contributed by atoms with Crippen LogP contribution < -0.4 is 20.4 Å². The molecular weight excluding hydrogens is 580 g/mol. The van der Waals surface area contributed by atoms with Crippen LogP contribution >= 0.6 is 0 Å². The van der Waals surface area contributed by atoms with Crippen LogP contribution in [0.5, 0.6) is 0 Å². The van der Waals surface area contributed by atoms with E-state index in [0.717, 1.165) is 86.4 Å². The van der Waals surface area contributed by atoms with E-state index in [9.17, 15) is 14.4 Å². The van der Waals surface area contributed by atoms with E-state index < -0.39 is 11.6 Å². The average molecular weight is 629 g/mol. The van der Waals surface area contributed by atoms with Crippen molar-refractivity contribution >= 4 is 40.8 Å². The minimum atomic E-state index is -0.646. The van der Waals surface area contributed by atoms with Crippen LogP contribution in [0.3, 0.4) is 0 Å². The van der Waals surface area contributed by atoms with E-state index in [1.807, 2.05) is 45.0 Å². The van der Waals surface area contributed by atoms with E-state index in [2.05, 4.69) is 39.0 Å². The van der Waals surface area contributed by atoms with Crippen LogP contribution in [0.1, 0.15) is 52.9 Å². The molecule has 0 atom stereocenters. The Morgan fingerprint density at radius 2 is 1.39 bits per heavy atom. The van der Waals surface area contributed by atoms with E-state index in [4.69, 9.17) is 10.5 Å². The zero-order valence-corrected chi connectivity index (χ0v) is 27.4. The lowest BCUT2D eigenvalue weighted by molar-refractivity contribution is -0.156. The van der Waals surface area contributed by atoms with Gasteiger partial charge in [-0.1, -0.05) is 12.1 Å². The molecule has 0 aromatic heterocycles. The molecule has 1 saturated heterocycles. The summed E-state index contributed by atoms with van der Waals surface area (Å²) in [5.74, 6) is 2.05. The van der Waals surface area contributed by atoms with Crippen LogP contribution in [0.4, 0.5) is 32.3 Å². The number of rotatable bonds is 6. The Balaban J connectivity index is 1.05. The summed E-state index contributed by atoms with van der Waals surface area (Å²) < 4.78 is 5.31. The van der Waals surface area contributed by atoms with Gasteiger partial charge in [0.15, 0.2) is 0 Å². The summed E-state index contributed by atoms with van der Waals surface area (Å²) in [7, 11) is 0. The molecule has 10 nitrogen and oxygen atoms in total. The zero-order valence-electron chi connectivity index (χ0n) is 27.4. The highest BCUT2D eigenvalue weighted by Gasteiger charge is 2.53. The number of para-hydroxylation sites is 2. The Labute approximate surface area is 272 Å². The molecule has 0 spiro atoms. The summed E-state index contributed by atoms with van der Waals surface area (Å²) in [6.07, 6.45) is 5.74. The van der Waals surface area contributed by atoms with Crippen LogP contribution in [0.15, 0.2) is 48.5 Å². The quantitative estimate of drug-likeness (QED) is 0.426. The van der Waals surface area contributed by atoms with Gasteiger partial charge in [0.05, 0.1) is 18.0 Å². The number of carbonyl (C=O) groups is 3. The number of anilines is 4. The highest BCUT2D eigenvalue weighted by Crippen LogP contribution is 2.55. The van der Waals surface area contributed by atoms with Gasteiger partial charge in [0, 0.05) is 56.7 Å². The maximum Gasteiger partial charge on any atom is 0.333 e. The largest absolute Gasteiger partial charge is 0.465 e. The van der Waals surface area contributed by atoms with Crippen LogP contribution in [-0.2, 0) is 9.53 Å². The van der Waals surface area contributed by atoms with Crippen molar-refractivity contribution in [3.63, 3.8) is 0 Å². The second kappa shape index (κ2) is 12.1. The molecule has 2 heterocycles. The number of primary amides is 1. The Morgan fingerprint density at radius 1 is 0.804 bits per heavy atom. The third-order valence-electron chi connectivity index (χ3n) is 11.5. The summed E-state index contributed by atoms with van der Waals surface area (Å²) in [6.45, 7) is 10.4. The molecule has 0 radical (unpaired) electrons. The van der Waals surface area contributed by atoms with Crippen molar-refractivity contribution in [1.29, 1.82) is 0 Å². The number of hydrogen-bond acceptors (Lipinski definition) is 7. The first kappa shape index (κ1) is 30.8. The molecule has 2 aromatic rings. The van der Waals surface area contributed by atoms with Gasteiger partial charge in [-0.2, -0.15) is 0 Å². The first-order chi connectivity index (χ1) is 22.2. The van der Waals surface area contributed by atoms with E-state index >= 15 is 0 Å². The van der Waals surface area contributed by atoms with E-state index in [1.165, 1.54) is 11.3 Å². The molecule has 2 aromatic carbocycles. The van der Waals surface area contributed by atoms with Gasteiger partial charge < -0.3 is 20.3 Å². The molecule has 246 valence electrons. The number of piperazine rings is 1. The second-order valence-electron chi connectivity index (χ2n) is 14.5. The first-order valence-electron chi connectivity index (χ1n) is 17.2. The molecule has 4 bridgehead atoms. The van der Waals surface area contributed by atoms with Crippen LogP contribution in [-0.4, -0.2) is 85.3 Å². The highest BCUT2D eigenvalue weighted by molar-refractivity contribution is 6.05. The van der Waals surface area contributed by atoms with Gasteiger partial charge in [-0.3, -0.25) is 14.6 Å². The van der Waals surface area contributed by atoms with Gasteiger partial charge in [0.25, 0.3) is 0 Å². The molecule has 8 rings (SSSR count). The summed E-state index contributed by atoms with van der Waals surface area (Å²) in [4.78, 5) is 49.7. The molecule has 2 aliphatic heterocycles. The summed E-state index contributed by atoms with van der Waals surface area (Å²) in [5, 5.41) is 0. The van der Waals surface area contributed by atoms with Gasteiger partial charge in [0.2, 0.25) is 0 Å². The number of imide groups is 1. The number of hydrogen-bond donors (Lipinski definition) is 1. The van der Waals surface area contributed by atoms with E-state index in [-0.39, 0.29) is 18.0 Å². The number of urea groups is 2. The maximum absolute atomic E-state index is 14.2. The first-order valence-corrected chi connectivity index (χ1v) is 17.2. The van der Waals surface area contributed by atoms with Crippen LogP contribution in [0, 0.1) is 23.7 Å². The normalized spacial score (nSPS) is 27.4. The SMILES string of the molecule is CCOC(=O)C(C)(C)N1CCN(c2ccc(N3CCN(C(=O)N(C(N)=O)C4C5CC6CC(C5)CC4C6)c4ccccc43)cc2)CC1. The lowest BCUT2D eigenvalue weighted by Gasteiger charge is -2.56. The molecule has 6 aliphatic rings. The van der Waals surface area contributed by atoms with E-state index in [0.29, 0.717) is 31.5 Å². The fraction of sp³-hybridized carbons (Fsp3) is 0.583. The average Bonchev–Trinajstić information content (AvgIpc) is 3.05. The second-order valence-corrected chi connectivity index (χ2v) is 14.5. The minimum Gasteiger partial charge on any atom is -0.465 e. The molecular formula is C36H48N6O4. The molecule has 4 saturated carbocycles. The Kier molecular flexibility index (Phi) is 8.11. The fourth-order valence-electron chi connectivity index (χ4n) is 9.45. The van der Waals surface area contributed by atoms with Crippen LogP contribution in [0.2, 0.25) is 0 Å². The van der Waals surface area contributed by atoms with Gasteiger partial charge in [-0.15, -0.1) is 0 Å². The number of benzene rings is 2. The van der Waals surface area contributed by atoms with Gasteiger partial charge in [-0.25, -0.2) is 14.5 Å². The topological polar surface area (TPSA) is 103 Å². The smallest absolute Gasteiger partial charge is 0.333 e. The monoisotopic (exact) mass is 628 g/mol. The van der Waals surface area contributed by atoms with Crippen molar-refractivity contribution in [2.75, 3.05) is 60.6 Å². The van der Waals surface area contributed by atoms with Crippen molar-refractivity contribution < 1.29 is 19.1 Å². The molecule has 5 fully saturated rings. The van der Waals surface area contributed by atoms with Crippen molar-refractivity contribution in [3.05, 3.63) is 48.5 Å². The fourth-order valence-corrected chi connectivity index (χ4v) is 9.45. The third-order valence-corrected chi connectivity index (χ3v) is 11.5. The lowest BCUT2D eigenvalue weighted by atomic mass is 9.54. The van der Waals surface area contributed by atoms with Crippen molar-refractivity contribution in [2.24, 2.45) is 29.4 Å². The number of esters is 1. The molecule has 2 N–H and O–H groups in total. The molecule has 10 heteroatoms. The minimum absolute atomic E-state index is 0.0892. The number of carbonyl (C=O) groups excluding carboxylic acids is 3. The predicted octanol–water partition coefficient (Wildman–Crippen LogP) is 5.43. The number of fused-ring (bicyclic) bond motifs is 1. The molecule has 46 heavy (non-hydrogen) atoms. The highest BCUT2D eigenvalue weighted by atomic mass is 16.5. The molecule has 4 amide bonds. The lowest BCUT2D eigenvalue weighted by Crippen LogP contribution is -2.63. The van der Waals surface area contributed by atoms with Crippen molar-refractivity contribution in [3.8, 4) is 0 Å². The predicted molar refractivity (Wildman–Crippen MR) is 179 cm³/mol. The molecule has 4 aliphatic carbocycles. The number of nitrogens with two attached hydrogens (primary N) is 1. The summed E-state index contributed by atoms with van der Waals surface area (Å²) in [6, 6.07) is 15.6. The summed E-state index contributed by atoms with van der Waals surface area (Å²) in [5.41, 5.74) is 9.30. The van der Waals surface area contributed by atoms with Crippen LogP contribution in [0.25, 0.3) is 0 Å². The van der Waals surface area contributed by atoms with E-state index in [1.54, 1.807) is 4.90 Å². The van der Waals surface area contributed by atoms with Crippen molar-refractivity contribution in [2.45, 2.75) is 64.5 Å². The van der Waals surface area contributed by atoms with Gasteiger partial charge in [-0.05, 0) is 113 Å². The van der Waals surface area contributed by atoms with Gasteiger partial charge >= 0.3 is 18.0 Å².